The maximum Gasteiger partial charge on any atom is 0.471 e. The molecule has 4 rings (SSSR count). The summed E-state index contributed by atoms with van der Waals surface area (Å²) in [4.78, 5) is 41.2. The standard InChI is InChI=1S/C24H21F8N7O4S/c25-12-4-1-5-13(26)15(12)18-36-16(19(44-18)37-22(42)43)17(40)35-14-9-33-39(10-23(27,28)29)20(14)38-7-2-3-11(6-8-38)34-21(41)24(30,31)32/h1,4-5,9,11,37H,2-3,6-8,10H2,(H,34,41)(H,35,40)(H,42,43). The van der Waals surface area contributed by atoms with Gasteiger partial charge in [0.25, 0.3) is 5.91 Å². The minimum absolute atomic E-state index is 0.00401. The van der Waals surface area contributed by atoms with Crippen molar-refractivity contribution in [2.75, 3.05) is 28.6 Å². The smallest absolute Gasteiger partial charge is 0.465 e. The van der Waals surface area contributed by atoms with Crippen molar-refractivity contribution >= 4 is 45.8 Å². The molecule has 3 amide bonds. The molecule has 238 valence electrons. The van der Waals surface area contributed by atoms with Crippen LogP contribution in [0.4, 0.5) is 56.4 Å². The third-order valence-electron chi connectivity index (χ3n) is 6.25. The Hall–Kier alpha value is -4.49. The van der Waals surface area contributed by atoms with Gasteiger partial charge in [-0.1, -0.05) is 17.4 Å². The molecule has 4 N–H and O–H groups in total. The Balaban J connectivity index is 1.65. The molecule has 0 aliphatic carbocycles. The maximum absolute atomic E-state index is 14.4. The third-order valence-corrected chi connectivity index (χ3v) is 7.24. The average molecular weight is 656 g/mol. The Morgan fingerprint density at radius 3 is 2.32 bits per heavy atom. The number of carbonyl (C=O) groups is 3. The van der Waals surface area contributed by atoms with Crippen LogP contribution in [0.15, 0.2) is 24.4 Å². The predicted molar refractivity (Wildman–Crippen MR) is 139 cm³/mol. The molecule has 1 aliphatic rings. The molecule has 20 heteroatoms. The molecule has 1 fully saturated rings. The Labute approximate surface area is 245 Å². The number of carboxylic acid groups (broad SMARTS) is 1. The predicted octanol–water partition coefficient (Wildman–Crippen LogP) is 5.23. The van der Waals surface area contributed by atoms with Crippen LogP contribution >= 0.6 is 11.3 Å². The summed E-state index contributed by atoms with van der Waals surface area (Å²) in [5.74, 6) is -5.73. The molecular formula is C24H21F8N7O4S. The van der Waals surface area contributed by atoms with Crippen molar-refractivity contribution in [2.24, 2.45) is 0 Å². The van der Waals surface area contributed by atoms with Crippen LogP contribution < -0.4 is 20.9 Å². The van der Waals surface area contributed by atoms with Gasteiger partial charge >= 0.3 is 24.4 Å². The number of hydrogen-bond donors (Lipinski definition) is 4. The number of aromatic nitrogens is 3. The molecule has 1 aromatic carbocycles. The van der Waals surface area contributed by atoms with Crippen LogP contribution in [0.25, 0.3) is 10.6 Å². The van der Waals surface area contributed by atoms with Crippen molar-refractivity contribution in [3.63, 3.8) is 0 Å². The number of benzene rings is 1. The largest absolute Gasteiger partial charge is 0.471 e. The van der Waals surface area contributed by atoms with Gasteiger partial charge in [0, 0.05) is 19.1 Å². The summed E-state index contributed by atoms with van der Waals surface area (Å²) < 4.78 is 108. The van der Waals surface area contributed by atoms with Gasteiger partial charge in [0.05, 0.1) is 11.8 Å². The van der Waals surface area contributed by atoms with E-state index in [1.165, 1.54) is 4.90 Å². The number of thiazole rings is 1. The summed E-state index contributed by atoms with van der Waals surface area (Å²) in [7, 11) is 0. The first-order valence-corrected chi connectivity index (χ1v) is 13.4. The Kier molecular flexibility index (Phi) is 9.30. The fraction of sp³-hybridized carbons (Fsp3) is 0.375. The molecule has 0 radical (unpaired) electrons. The lowest BCUT2D eigenvalue weighted by Crippen LogP contribution is -2.43. The molecule has 3 heterocycles. The number of halogens is 8. The number of alkyl halides is 6. The number of hydrogen-bond acceptors (Lipinski definition) is 7. The molecule has 1 saturated heterocycles. The van der Waals surface area contributed by atoms with Crippen molar-refractivity contribution < 1.29 is 54.6 Å². The van der Waals surface area contributed by atoms with Gasteiger partial charge in [-0.3, -0.25) is 14.9 Å². The number of nitrogens with one attached hydrogen (secondary N) is 3. The summed E-state index contributed by atoms with van der Waals surface area (Å²) >= 11 is 0.424. The Bertz CT molecular complexity index is 1540. The van der Waals surface area contributed by atoms with Gasteiger partial charge in [0.2, 0.25) is 0 Å². The van der Waals surface area contributed by atoms with Gasteiger partial charge in [0.1, 0.15) is 33.9 Å². The molecule has 44 heavy (non-hydrogen) atoms. The summed E-state index contributed by atoms with van der Waals surface area (Å²) in [5, 5.41) is 18.1. The van der Waals surface area contributed by atoms with Gasteiger partial charge in [-0.25, -0.2) is 23.2 Å². The first kappa shape index (κ1) is 32.4. The summed E-state index contributed by atoms with van der Waals surface area (Å²) in [6.45, 7) is -1.75. The number of nitrogens with zero attached hydrogens (tertiary/aromatic N) is 4. The SMILES string of the molecule is O=C(O)Nc1sc(-c2c(F)cccc2F)nc1C(=O)Nc1cnn(CC(F)(F)F)c1N1CCCC(NC(=O)C(F)(F)F)CC1. The van der Waals surface area contributed by atoms with Gasteiger partial charge in [-0.05, 0) is 31.4 Å². The molecular weight excluding hydrogens is 634 g/mol. The molecule has 3 aromatic rings. The van der Waals surface area contributed by atoms with Crippen LogP contribution in [0, 0.1) is 11.6 Å². The van der Waals surface area contributed by atoms with E-state index < -0.39 is 75.7 Å². The average Bonchev–Trinajstić information content (AvgIpc) is 3.39. The summed E-state index contributed by atoms with van der Waals surface area (Å²) in [6, 6.07) is 1.95. The van der Waals surface area contributed by atoms with E-state index in [-0.39, 0.29) is 43.9 Å². The quantitative estimate of drug-likeness (QED) is 0.256. The fourth-order valence-corrected chi connectivity index (χ4v) is 5.45. The van der Waals surface area contributed by atoms with E-state index in [4.69, 9.17) is 0 Å². The van der Waals surface area contributed by atoms with E-state index in [0.29, 0.717) is 16.0 Å². The van der Waals surface area contributed by atoms with Crippen molar-refractivity contribution in [1.29, 1.82) is 0 Å². The van der Waals surface area contributed by atoms with Crippen molar-refractivity contribution in [2.45, 2.75) is 44.2 Å². The highest BCUT2D eigenvalue weighted by molar-refractivity contribution is 7.19. The van der Waals surface area contributed by atoms with Crippen LogP contribution in [-0.2, 0) is 11.3 Å². The van der Waals surface area contributed by atoms with Crippen molar-refractivity contribution in [3.05, 3.63) is 41.7 Å². The first-order valence-electron chi connectivity index (χ1n) is 12.5. The Morgan fingerprint density at radius 1 is 1.02 bits per heavy atom. The van der Waals surface area contributed by atoms with Crippen LogP contribution in [0.2, 0.25) is 0 Å². The number of rotatable bonds is 7. The van der Waals surface area contributed by atoms with Gasteiger partial charge in [-0.15, -0.1) is 0 Å². The lowest BCUT2D eigenvalue weighted by molar-refractivity contribution is -0.174. The van der Waals surface area contributed by atoms with Crippen molar-refractivity contribution in [1.82, 2.24) is 20.1 Å². The molecule has 1 aliphatic heterocycles. The van der Waals surface area contributed by atoms with Gasteiger partial charge in [0.15, 0.2) is 11.5 Å². The van der Waals surface area contributed by atoms with E-state index in [0.717, 1.165) is 24.4 Å². The molecule has 0 spiro atoms. The van der Waals surface area contributed by atoms with Crippen LogP contribution in [0.3, 0.4) is 0 Å². The van der Waals surface area contributed by atoms with Gasteiger partial charge in [-0.2, -0.15) is 31.4 Å². The van der Waals surface area contributed by atoms with Gasteiger partial charge < -0.3 is 20.6 Å². The minimum atomic E-state index is -5.13. The van der Waals surface area contributed by atoms with E-state index in [2.05, 4.69) is 15.4 Å². The lowest BCUT2D eigenvalue weighted by atomic mass is 10.1. The number of anilines is 3. The van der Waals surface area contributed by atoms with Crippen LogP contribution in [-0.4, -0.2) is 69.3 Å². The summed E-state index contributed by atoms with van der Waals surface area (Å²) in [6.07, 6.45) is -10.6. The second-order valence-corrected chi connectivity index (χ2v) is 10.4. The minimum Gasteiger partial charge on any atom is -0.465 e. The highest BCUT2D eigenvalue weighted by atomic mass is 32.1. The van der Waals surface area contributed by atoms with Crippen molar-refractivity contribution in [3.8, 4) is 10.6 Å². The monoisotopic (exact) mass is 655 g/mol. The second-order valence-electron chi connectivity index (χ2n) is 9.42. The topological polar surface area (TPSA) is 141 Å². The maximum atomic E-state index is 14.4. The molecule has 0 bridgehead atoms. The van der Waals surface area contributed by atoms with E-state index in [1.54, 1.807) is 0 Å². The second kappa shape index (κ2) is 12.6. The molecule has 0 saturated carbocycles. The third kappa shape index (κ3) is 7.71. The highest BCUT2D eigenvalue weighted by Gasteiger charge is 2.40. The van der Waals surface area contributed by atoms with Crippen LogP contribution in [0.1, 0.15) is 29.8 Å². The lowest BCUT2D eigenvalue weighted by Gasteiger charge is -2.25. The molecule has 2 aromatic heterocycles. The molecule has 11 nitrogen and oxygen atoms in total. The zero-order valence-corrected chi connectivity index (χ0v) is 22.8. The Morgan fingerprint density at radius 2 is 1.70 bits per heavy atom. The molecule has 1 unspecified atom stereocenters. The summed E-state index contributed by atoms with van der Waals surface area (Å²) in [5.41, 5.74) is -1.61. The number of carbonyl (C=O) groups excluding carboxylic acids is 2. The van der Waals surface area contributed by atoms with E-state index >= 15 is 0 Å². The zero-order chi connectivity index (χ0) is 32.4. The normalized spacial score (nSPS) is 15.9. The van der Waals surface area contributed by atoms with E-state index in [1.807, 2.05) is 10.6 Å². The zero-order valence-electron chi connectivity index (χ0n) is 22.0. The van der Waals surface area contributed by atoms with Crippen LogP contribution in [0.5, 0.6) is 0 Å². The molecule has 1 atom stereocenters. The highest BCUT2D eigenvalue weighted by Crippen LogP contribution is 2.37. The fourth-order valence-electron chi connectivity index (χ4n) is 4.45. The first-order chi connectivity index (χ1) is 20.5. The van der Waals surface area contributed by atoms with E-state index in [9.17, 15) is 54.6 Å². The number of amides is 3.